The third-order valence-electron chi connectivity index (χ3n) is 4.93. The molecule has 31 heavy (non-hydrogen) atoms. The van der Waals surface area contributed by atoms with Crippen LogP contribution in [-0.2, 0) is 4.79 Å². The highest BCUT2D eigenvalue weighted by atomic mass is 16.6. The summed E-state index contributed by atoms with van der Waals surface area (Å²) in [6, 6.07) is 10.3. The van der Waals surface area contributed by atoms with Crippen LogP contribution in [0, 0.1) is 10.1 Å². The summed E-state index contributed by atoms with van der Waals surface area (Å²) >= 11 is 0. The number of nitro benzene ring substituents is 1. The van der Waals surface area contributed by atoms with Gasteiger partial charge in [-0.1, -0.05) is 12.5 Å². The van der Waals surface area contributed by atoms with E-state index in [0.717, 1.165) is 4.90 Å². The summed E-state index contributed by atoms with van der Waals surface area (Å²) in [6.45, 7) is 1.56. The van der Waals surface area contributed by atoms with Gasteiger partial charge in [0, 0.05) is 24.6 Å². The fourth-order valence-electron chi connectivity index (χ4n) is 3.33. The summed E-state index contributed by atoms with van der Waals surface area (Å²) in [6.07, 6.45) is 1.67. The van der Waals surface area contributed by atoms with Gasteiger partial charge in [0.15, 0.2) is 5.78 Å². The fourth-order valence-corrected chi connectivity index (χ4v) is 3.33. The predicted octanol–water partition coefficient (Wildman–Crippen LogP) is 3.56. The minimum absolute atomic E-state index is 0.0403. The molecule has 9 heteroatoms. The molecule has 0 fully saturated rings. The number of carbonyl (C=O) groups is 4. The SMILES string of the molecule is CC(=O)c1ccc(OC(=O)CCCCCN2C(=O)c3cccc([N+](=O)[O-])c3C2=O)cc1. The van der Waals surface area contributed by atoms with Crippen molar-refractivity contribution in [3.05, 3.63) is 69.3 Å². The van der Waals surface area contributed by atoms with Crippen LogP contribution < -0.4 is 4.74 Å². The Labute approximate surface area is 177 Å². The van der Waals surface area contributed by atoms with Gasteiger partial charge >= 0.3 is 5.97 Å². The molecule has 0 aromatic heterocycles. The first kappa shape index (κ1) is 21.8. The van der Waals surface area contributed by atoms with Crippen LogP contribution in [0.25, 0.3) is 0 Å². The summed E-state index contributed by atoms with van der Waals surface area (Å²) in [4.78, 5) is 59.5. The largest absolute Gasteiger partial charge is 0.427 e. The van der Waals surface area contributed by atoms with Gasteiger partial charge in [0.2, 0.25) is 0 Å². The van der Waals surface area contributed by atoms with Gasteiger partial charge in [0.05, 0.1) is 10.5 Å². The summed E-state index contributed by atoms with van der Waals surface area (Å²) in [5, 5.41) is 11.1. The molecule has 0 atom stereocenters. The number of ether oxygens (including phenoxy) is 1. The maximum absolute atomic E-state index is 12.5. The van der Waals surface area contributed by atoms with E-state index >= 15 is 0 Å². The average Bonchev–Trinajstić information content (AvgIpc) is 2.98. The number of nitro groups is 1. The summed E-state index contributed by atoms with van der Waals surface area (Å²) in [5.74, 6) is -1.36. The van der Waals surface area contributed by atoms with Gasteiger partial charge < -0.3 is 4.74 Å². The Balaban J connectivity index is 1.45. The number of hydrogen-bond acceptors (Lipinski definition) is 7. The Kier molecular flexibility index (Phi) is 6.54. The molecule has 9 nitrogen and oxygen atoms in total. The van der Waals surface area contributed by atoms with E-state index in [4.69, 9.17) is 4.74 Å². The second kappa shape index (κ2) is 9.29. The van der Waals surface area contributed by atoms with Crippen LogP contribution in [0.15, 0.2) is 42.5 Å². The maximum atomic E-state index is 12.5. The molecule has 0 unspecified atom stereocenters. The van der Waals surface area contributed by atoms with Crippen molar-refractivity contribution in [3.8, 4) is 5.75 Å². The molecule has 3 rings (SSSR count). The topological polar surface area (TPSA) is 124 Å². The van der Waals surface area contributed by atoms with Crippen LogP contribution in [0.1, 0.15) is 63.7 Å². The zero-order valence-electron chi connectivity index (χ0n) is 16.8. The van der Waals surface area contributed by atoms with E-state index in [1.165, 1.54) is 25.1 Å². The third-order valence-corrected chi connectivity index (χ3v) is 4.93. The van der Waals surface area contributed by atoms with E-state index in [2.05, 4.69) is 0 Å². The minimum atomic E-state index is -0.674. The molecule has 0 spiro atoms. The molecule has 0 saturated carbocycles. The lowest BCUT2D eigenvalue weighted by atomic mass is 10.1. The molecular formula is C22H20N2O7. The molecule has 2 amide bonds. The number of ketones is 1. The van der Waals surface area contributed by atoms with Crippen LogP contribution in [0.2, 0.25) is 0 Å². The third kappa shape index (κ3) is 4.82. The Morgan fingerprint density at radius 3 is 2.35 bits per heavy atom. The molecule has 2 aromatic carbocycles. The molecule has 0 radical (unpaired) electrons. The van der Waals surface area contributed by atoms with Crippen molar-refractivity contribution in [1.82, 2.24) is 4.90 Å². The number of carbonyl (C=O) groups excluding carboxylic acids is 4. The number of benzene rings is 2. The predicted molar refractivity (Wildman–Crippen MR) is 109 cm³/mol. The molecule has 2 aromatic rings. The van der Waals surface area contributed by atoms with E-state index in [9.17, 15) is 29.3 Å². The van der Waals surface area contributed by atoms with Crippen LogP contribution >= 0.6 is 0 Å². The molecular weight excluding hydrogens is 404 g/mol. The van der Waals surface area contributed by atoms with Gasteiger partial charge in [-0.2, -0.15) is 0 Å². The van der Waals surface area contributed by atoms with Crippen molar-refractivity contribution >= 4 is 29.3 Å². The zero-order valence-corrected chi connectivity index (χ0v) is 16.8. The van der Waals surface area contributed by atoms with Gasteiger partial charge in [-0.3, -0.25) is 34.2 Å². The first-order valence-corrected chi connectivity index (χ1v) is 9.75. The molecule has 1 aliphatic rings. The Bertz CT molecular complexity index is 1060. The van der Waals surface area contributed by atoms with E-state index in [1.807, 2.05) is 0 Å². The number of amides is 2. The Hall–Kier alpha value is -3.88. The lowest BCUT2D eigenvalue weighted by molar-refractivity contribution is -0.385. The molecule has 1 heterocycles. The van der Waals surface area contributed by atoms with E-state index in [0.29, 0.717) is 30.6 Å². The standard InChI is InChI=1S/C22H20N2O7/c1-14(25)15-9-11-16(12-10-15)31-19(26)8-3-2-4-13-23-21(27)17-6-5-7-18(24(29)30)20(17)22(23)28/h5-7,9-12H,2-4,8,13H2,1H3. The number of hydrogen-bond donors (Lipinski definition) is 0. The zero-order chi connectivity index (χ0) is 22.5. The van der Waals surface area contributed by atoms with Gasteiger partial charge in [0.1, 0.15) is 11.3 Å². The molecule has 160 valence electrons. The highest BCUT2D eigenvalue weighted by molar-refractivity contribution is 6.23. The van der Waals surface area contributed by atoms with E-state index in [-0.39, 0.29) is 35.6 Å². The number of rotatable bonds is 9. The number of imide groups is 1. The molecule has 1 aliphatic heterocycles. The molecule has 0 saturated heterocycles. The van der Waals surface area contributed by atoms with Crippen molar-refractivity contribution in [2.24, 2.45) is 0 Å². The first-order valence-electron chi connectivity index (χ1n) is 9.75. The van der Waals surface area contributed by atoms with Crippen LogP contribution in [-0.4, -0.2) is 39.9 Å². The van der Waals surface area contributed by atoms with Gasteiger partial charge in [-0.05, 0) is 50.1 Å². The number of fused-ring (bicyclic) bond motifs is 1. The van der Waals surface area contributed by atoms with Crippen LogP contribution in [0.3, 0.4) is 0 Å². The average molecular weight is 424 g/mol. The van der Waals surface area contributed by atoms with E-state index < -0.39 is 22.7 Å². The minimum Gasteiger partial charge on any atom is -0.427 e. The maximum Gasteiger partial charge on any atom is 0.311 e. The van der Waals surface area contributed by atoms with Crippen molar-refractivity contribution in [2.45, 2.75) is 32.6 Å². The van der Waals surface area contributed by atoms with Gasteiger partial charge in [0.25, 0.3) is 17.5 Å². The normalized spacial score (nSPS) is 12.6. The molecule has 0 N–H and O–H groups in total. The number of Topliss-reactive ketones (excluding diaryl/α,β-unsaturated/α-hetero) is 1. The monoisotopic (exact) mass is 424 g/mol. The van der Waals surface area contributed by atoms with E-state index in [1.54, 1.807) is 24.3 Å². The van der Waals surface area contributed by atoms with Crippen molar-refractivity contribution < 1.29 is 28.8 Å². The van der Waals surface area contributed by atoms with Crippen LogP contribution in [0.5, 0.6) is 5.75 Å². The van der Waals surface area contributed by atoms with Crippen molar-refractivity contribution in [1.29, 1.82) is 0 Å². The van der Waals surface area contributed by atoms with Gasteiger partial charge in [-0.25, -0.2) is 0 Å². The quantitative estimate of drug-likeness (QED) is 0.115. The fraction of sp³-hybridized carbons (Fsp3) is 0.273. The smallest absolute Gasteiger partial charge is 0.311 e. The molecule has 0 bridgehead atoms. The Morgan fingerprint density at radius 2 is 1.71 bits per heavy atom. The summed E-state index contributed by atoms with van der Waals surface area (Å²) in [7, 11) is 0. The number of unbranched alkanes of at least 4 members (excludes halogenated alkanes) is 2. The lowest BCUT2D eigenvalue weighted by Gasteiger charge is -2.13. The highest BCUT2D eigenvalue weighted by Crippen LogP contribution is 2.30. The van der Waals surface area contributed by atoms with Gasteiger partial charge in [-0.15, -0.1) is 0 Å². The number of nitrogens with zero attached hydrogens (tertiary/aromatic N) is 2. The summed E-state index contributed by atoms with van der Waals surface area (Å²) < 4.78 is 5.21. The van der Waals surface area contributed by atoms with Crippen LogP contribution in [0.4, 0.5) is 5.69 Å². The van der Waals surface area contributed by atoms with Crippen molar-refractivity contribution in [3.63, 3.8) is 0 Å². The molecule has 0 aliphatic carbocycles. The number of esters is 1. The summed E-state index contributed by atoms with van der Waals surface area (Å²) in [5.41, 5.74) is 0.0196. The second-order valence-electron chi connectivity index (χ2n) is 7.08. The lowest BCUT2D eigenvalue weighted by Crippen LogP contribution is -2.30. The first-order chi connectivity index (χ1) is 14.8. The van der Waals surface area contributed by atoms with Crippen molar-refractivity contribution in [2.75, 3.05) is 6.54 Å². The second-order valence-corrected chi connectivity index (χ2v) is 7.08. The highest BCUT2D eigenvalue weighted by Gasteiger charge is 2.40. The Morgan fingerprint density at radius 1 is 1.00 bits per heavy atom.